The molecule has 1 unspecified atom stereocenters. The smallest absolute Gasteiger partial charge is 0.308 e. The van der Waals surface area contributed by atoms with Gasteiger partial charge in [0.2, 0.25) is 0 Å². The molecule has 0 aromatic carbocycles. The minimum atomic E-state index is -0.214. The fourth-order valence-electron chi connectivity index (χ4n) is 1.77. The summed E-state index contributed by atoms with van der Waals surface area (Å²) in [6.07, 6.45) is 9.86. The number of methoxy groups -OCH3 is 1. The van der Waals surface area contributed by atoms with Crippen molar-refractivity contribution < 1.29 is 9.53 Å². The number of rotatable bonds is 7. The summed E-state index contributed by atoms with van der Waals surface area (Å²) in [6, 6.07) is 5.90. The van der Waals surface area contributed by atoms with E-state index >= 15 is 0 Å². The predicted octanol–water partition coefficient (Wildman–Crippen LogP) is 2.97. The molecule has 4 nitrogen and oxygen atoms in total. The van der Waals surface area contributed by atoms with Crippen molar-refractivity contribution in [3.05, 3.63) is 36.2 Å². The van der Waals surface area contributed by atoms with E-state index in [9.17, 15) is 4.79 Å². The van der Waals surface area contributed by atoms with Crippen molar-refractivity contribution in [2.75, 3.05) is 7.11 Å². The first-order chi connectivity index (χ1) is 9.27. The quantitative estimate of drug-likeness (QED) is 0.557. The van der Waals surface area contributed by atoms with Gasteiger partial charge in [0.05, 0.1) is 19.1 Å². The average Bonchev–Trinajstić information content (AvgIpc) is 2.46. The molecule has 4 heteroatoms. The molecule has 19 heavy (non-hydrogen) atoms. The van der Waals surface area contributed by atoms with Gasteiger partial charge in [-0.05, 0) is 30.9 Å². The van der Waals surface area contributed by atoms with Gasteiger partial charge in [-0.25, -0.2) is 0 Å². The number of nitriles is 1. The highest BCUT2D eigenvalue weighted by atomic mass is 16.5. The van der Waals surface area contributed by atoms with E-state index in [1.165, 1.54) is 7.11 Å². The number of aromatic nitrogens is 1. The number of ether oxygens (including phenoxy) is 1. The molecule has 0 radical (unpaired) electrons. The van der Waals surface area contributed by atoms with Gasteiger partial charge in [0.1, 0.15) is 0 Å². The molecule has 0 spiro atoms. The summed E-state index contributed by atoms with van der Waals surface area (Å²) in [4.78, 5) is 15.6. The Morgan fingerprint density at radius 2 is 2.47 bits per heavy atom. The molecular formula is C15H18N2O2. The minimum Gasteiger partial charge on any atom is -0.469 e. The Morgan fingerprint density at radius 1 is 1.63 bits per heavy atom. The van der Waals surface area contributed by atoms with Gasteiger partial charge in [0.25, 0.3) is 0 Å². The van der Waals surface area contributed by atoms with Gasteiger partial charge >= 0.3 is 5.97 Å². The second kappa shape index (κ2) is 8.87. The molecule has 1 heterocycles. The van der Waals surface area contributed by atoms with Crippen molar-refractivity contribution >= 4 is 12.0 Å². The Bertz CT molecular complexity index is 449. The Labute approximate surface area is 113 Å². The molecule has 0 fully saturated rings. The van der Waals surface area contributed by atoms with E-state index in [2.05, 4.69) is 11.1 Å². The largest absolute Gasteiger partial charge is 0.469 e. The highest BCUT2D eigenvalue weighted by molar-refractivity contribution is 5.72. The lowest BCUT2D eigenvalue weighted by molar-refractivity contribution is -0.145. The second-order valence-electron chi connectivity index (χ2n) is 4.19. The lowest BCUT2D eigenvalue weighted by Gasteiger charge is -2.11. The maximum absolute atomic E-state index is 11.6. The Kier molecular flexibility index (Phi) is 6.96. The van der Waals surface area contributed by atoms with Crippen molar-refractivity contribution in [1.29, 1.82) is 5.26 Å². The molecule has 1 aromatic heterocycles. The van der Waals surface area contributed by atoms with Gasteiger partial charge in [0, 0.05) is 18.8 Å². The summed E-state index contributed by atoms with van der Waals surface area (Å²) in [5.41, 5.74) is 1.00. The molecule has 0 bridgehead atoms. The highest BCUT2D eigenvalue weighted by Crippen LogP contribution is 2.16. The van der Waals surface area contributed by atoms with Crippen LogP contribution in [0.1, 0.15) is 31.2 Å². The van der Waals surface area contributed by atoms with E-state index in [-0.39, 0.29) is 11.9 Å². The molecule has 0 aliphatic rings. The maximum Gasteiger partial charge on any atom is 0.308 e. The van der Waals surface area contributed by atoms with E-state index in [4.69, 9.17) is 10.00 Å². The standard InChI is InChI=1S/C15H18N2O2/c1-19-15(18)14(8-2-3-10-16)9-4-6-13-7-5-11-17-12-13/h4-7,11-12,14H,2-3,8-9H2,1H3/b6-4+. The maximum atomic E-state index is 11.6. The Morgan fingerprint density at radius 3 is 3.11 bits per heavy atom. The molecule has 0 amide bonds. The van der Waals surface area contributed by atoms with Crippen LogP contribution in [-0.4, -0.2) is 18.1 Å². The lowest BCUT2D eigenvalue weighted by atomic mass is 9.98. The highest BCUT2D eigenvalue weighted by Gasteiger charge is 2.16. The first kappa shape index (κ1) is 14.9. The third-order valence-electron chi connectivity index (χ3n) is 2.79. The fraction of sp³-hybridized carbons (Fsp3) is 0.400. The lowest BCUT2D eigenvalue weighted by Crippen LogP contribution is -2.15. The molecular weight excluding hydrogens is 240 g/mol. The van der Waals surface area contributed by atoms with Crippen LogP contribution in [0.4, 0.5) is 0 Å². The molecule has 100 valence electrons. The summed E-state index contributed by atoms with van der Waals surface area (Å²) in [6.45, 7) is 0. The minimum absolute atomic E-state index is 0.175. The Hall–Kier alpha value is -2.15. The molecule has 1 aromatic rings. The van der Waals surface area contributed by atoms with Crippen molar-refractivity contribution in [3.63, 3.8) is 0 Å². The van der Waals surface area contributed by atoms with Crippen LogP contribution < -0.4 is 0 Å². The summed E-state index contributed by atoms with van der Waals surface area (Å²) in [7, 11) is 1.39. The molecule has 0 N–H and O–H groups in total. The van der Waals surface area contributed by atoms with E-state index in [0.29, 0.717) is 19.3 Å². The van der Waals surface area contributed by atoms with Gasteiger partial charge < -0.3 is 4.74 Å². The zero-order chi connectivity index (χ0) is 13.9. The summed E-state index contributed by atoms with van der Waals surface area (Å²) in [5, 5.41) is 8.51. The zero-order valence-corrected chi connectivity index (χ0v) is 11.1. The predicted molar refractivity (Wildman–Crippen MR) is 72.9 cm³/mol. The number of pyridine rings is 1. The molecule has 0 saturated carbocycles. The van der Waals surface area contributed by atoms with Crippen molar-refractivity contribution in [3.8, 4) is 6.07 Å². The first-order valence-electron chi connectivity index (χ1n) is 6.29. The van der Waals surface area contributed by atoms with Crippen LogP contribution in [0.25, 0.3) is 6.08 Å². The van der Waals surface area contributed by atoms with E-state index in [1.807, 2.05) is 24.3 Å². The van der Waals surface area contributed by atoms with E-state index in [0.717, 1.165) is 12.0 Å². The zero-order valence-electron chi connectivity index (χ0n) is 11.1. The number of nitrogens with zero attached hydrogens (tertiary/aromatic N) is 2. The number of allylic oxidation sites excluding steroid dienone is 1. The number of hydrogen-bond donors (Lipinski definition) is 0. The van der Waals surface area contributed by atoms with E-state index in [1.54, 1.807) is 12.4 Å². The van der Waals surface area contributed by atoms with Gasteiger partial charge in [-0.15, -0.1) is 0 Å². The number of hydrogen-bond acceptors (Lipinski definition) is 4. The van der Waals surface area contributed by atoms with Crippen molar-refractivity contribution in [1.82, 2.24) is 4.98 Å². The molecule has 0 aliphatic heterocycles. The topological polar surface area (TPSA) is 63.0 Å². The molecule has 0 saturated heterocycles. The van der Waals surface area contributed by atoms with Crippen LogP contribution in [0.2, 0.25) is 0 Å². The summed E-state index contributed by atoms with van der Waals surface area (Å²) in [5.74, 6) is -0.389. The number of carbonyl (C=O) groups excluding carboxylic acids is 1. The molecule has 1 rings (SSSR count). The monoisotopic (exact) mass is 258 g/mol. The van der Waals surface area contributed by atoms with E-state index < -0.39 is 0 Å². The fourth-order valence-corrected chi connectivity index (χ4v) is 1.77. The van der Waals surface area contributed by atoms with Gasteiger partial charge in [-0.2, -0.15) is 5.26 Å². The van der Waals surface area contributed by atoms with Gasteiger partial charge in [-0.1, -0.05) is 18.2 Å². The normalized spacial score (nSPS) is 12.0. The van der Waals surface area contributed by atoms with Gasteiger partial charge in [-0.3, -0.25) is 9.78 Å². The number of carbonyl (C=O) groups is 1. The third-order valence-corrected chi connectivity index (χ3v) is 2.79. The third kappa shape index (κ3) is 5.82. The second-order valence-corrected chi connectivity index (χ2v) is 4.19. The van der Waals surface area contributed by atoms with Crippen LogP contribution in [0.15, 0.2) is 30.6 Å². The van der Waals surface area contributed by atoms with Gasteiger partial charge in [0.15, 0.2) is 0 Å². The first-order valence-corrected chi connectivity index (χ1v) is 6.29. The van der Waals surface area contributed by atoms with Crippen molar-refractivity contribution in [2.45, 2.75) is 25.7 Å². The number of esters is 1. The van der Waals surface area contributed by atoms with Crippen molar-refractivity contribution in [2.24, 2.45) is 5.92 Å². The van der Waals surface area contributed by atoms with Crippen LogP contribution in [0.5, 0.6) is 0 Å². The molecule has 1 atom stereocenters. The van der Waals surface area contributed by atoms with Crippen LogP contribution in [-0.2, 0) is 9.53 Å². The van der Waals surface area contributed by atoms with Crippen LogP contribution in [0.3, 0.4) is 0 Å². The van der Waals surface area contributed by atoms with Crippen LogP contribution in [0, 0.1) is 17.2 Å². The Balaban J connectivity index is 2.50. The van der Waals surface area contributed by atoms with Crippen LogP contribution >= 0.6 is 0 Å². The summed E-state index contributed by atoms with van der Waals surface area (Å²) < 4.78 is 4.78. The number of unbranched alkanes of at least 4 members (excludes halogenated alkanes) is 1. The molecule has 0 aliphatic carbocycles. The average molecular weight is 258 g/mol. The summed E-state index contributed by atoms with van der Waals surface area (Å²) >= 11 is 0. The SMILES string of the molecule is COC(=O)C(C/C=C/c1cccnc1)CCCC#N.